The van der Waals surface area contributed by atoms with Crippen LogP contribution in [0.1, 0.15) is 53.3 Å². The van der Waals surface area contributed by atoms with Crippen molar-refractivity contribution in [3.8, 4) is 0 Å². The van der Waals surface area contributed by atoms with Crippen LogP contribution in [0.25, 0.3) is 0 Å². The number of aliphatic imine (C=N–C) groups is 1. The molecular formula is C16H31IN6O3. The fourth-order valence-electron chi connectivity index (χ4n) is 1.83. The Labute approximate surface area is 172 Å². The van der Waals surface area contributed by atoms with Gasteiger partial charge in [-0.1, -0.05) is 5.16 Å². The van der Waals surface area contributed by atoms with E-state index in [1.807, 2.05) is 41.5 Å². The Morgan fingerprint density at radius 1 is 1.23 bits per heavy atom. The lowest BCUT2D eigenvalue weighted by molar-refractivity contribution is 0.0474. The third-order valence-corrected chi connectivity index (χ3v) is 2.83. The number of hydrogen-bond acceptors (Lipinski definition) is 6. The van der Waals surface area contributed by atoms with Crippen LogP contribution in [0.3, 0.4) is 0 Å². The van der Waals surface area contributed by atoms with E-state index in [0.717, 1.165) is 0 Å². The zero-order valence-corrected chi connectivity index (χ0v) is 18.9. The van der Waals surface area contributed by atoms with Crippen molar-refractivity contribution in [3.63, 3.8) is 0 Å². The van der Waals surface area contributed by atoms with Crippen molar-refractivity contribution >= 4 is 36.0 Å². The molecule has 0 saturated heterocycles. The van der Waals surface area contributed by atoms with E-state index in [9.17, 15) is 4.79 Å². The summed E-state index contributed by atoms with van der Waals surface area (Å²) in [6, 6.07) is 0. The van der Waals surface area contributed by atoms with Crippen LogP contribution in [0, 0.1) is 6.92 Å². The van der Waals surface area contributed by atoms with Crippen LogP contribution in [0.4, 0.5) is 4.79 Å². The van der Waals surface area contributed by atoms with Gasteiger partial charge < -0.3 is 25.2 Å². The van der Waals surface area contributed by atoms with Crippen molar-refractivity contribution in [2.75, 3.05) is 13.1 Å². The smallest absolute Gasteiger partial charge is 0.408 e. The lowest BCUT2D eigenvalue weighted by atomic mass is 10.1. The number of nitrogens with zero attached hydrogens (tertiary/aromatic N) is 3. The Kier molecular flexibility index (Phi) is 9.89. The van der Waals surface area contributed by atoms with Gasteiger partial charge in [0.15, 0.2) is 11.8 Å². The quantitative estimate of drug-likeness (QED) is 0.324. The number of nitrogens with one attached hydrogen (secondary N) is 3. The molecule has 3 N–H and O–H groups in total. The fourth-order valence-corrected chi connectivity index (χ4v) is 1.83. The number of guanidine groups is 1. The maximum absolute atomic E-state index is 11.9. The van der Waals surface area contributed by atoms with Crippen LogP contribution in [0.5, 0.6) is 0 Å². The topological polar surface area (TPSA) is 114 Å². The number of alkyl carbamates (subject to hydrolysis) is 1. The molecule has 0 aliphatic carbocycles. The molecule has 0 fully saturated rings. The van der Waals surface area contributed by atoms with Crippen LogP contribution in [-0.2, 0) is 11.3 Å². The minimum absolute atomic E-state index is 0. The maximum Gasteiger partial charge on any atom is 0.408 e. The van der Waals surface area contributed by atoms with E-state index in [4.69, 9.17) is 9.26 Å². The minimum atomic E-state index is -0.535. The van der Waals surface area contributed by atoms with E-state index in [2.05, 4.69) is 31.1 Å². The molecule has 0 spiro atoms. The van der Waals surface area contributed by atoms with Gasteiger partial charge in [-0.25, -0.2) is 9.79 Å². The molecule has 1 rings (SSSR count). The molecule has 150 valence electrons. The summed E-state index contributed by atoms with van der Waals surface area (Å²) in [4.78, 5) is 20.4. The summed E-state index contributed by atoms with van der Waals surface area (Å²) in [5.41, 5.74) is -1.06. The highest BCUT2D eigenvalue weighted by Gasteiger charge is 2.24. The first kappa shape index (κ1) is 24.4. The summed E-state index contributed by atoms with van der Waals surface area (Å²) < 4.78 is 10.2. The van der Waals surface area contributed by atoms with Crippen molar-refractivity contribution in [2.45, 2.75) is 66.2 Å². The van der Waals surface area contributed by atoms with E-state index in [0.29, 0.717) is 37.3 Å². The van der Waals surface area contributed by atoms with Gasteiger partial charge in [0.2, 0.25) is 5.89 Å². The lowest BCUT2D eigenvalue weighted by Crippen LogP contribution is -2.54. The number of carbonyl (C=O) groups excluding carboxylic acids is 1. The van der Waals surface area contributed by atoms with Gasteiger partial charge >= 0.3 is 6.09 Å². The number of ether oxygens (including phenoxy) is 1. The molecular weight excluding hydrogens is 451 g/mol. The molecule has 1 aromatic heterocycles. The maximum atomic E-state index is 11.9. The first-order chi connectivity index (χ1) is 11.5. The average Bonchev–Trinajstić information content (AvgIpc) is 2.85. The van der Waals surface area contributed by atoms with Gasteiger partial charge in [0.1, 0.15) is 12.1 Å². The van der Waals surface area contributed by atoms with E-state index in [-0.39, 0.29) is 24.0 Å². The summed E-state index contributed by atoms with van der Waals surface area (Å²) in [5, 5.41) is 13.0. The van der Waals surface area contributed by atoms with Crippen LogP contribution in [-0.4, -0.2) is 46.4 Å². The molecule has 1 amide bonds. The number of rotatable bonds is 6. The molecule has 1 heterocycles. The van der Waals surface area contributed by atoms with E-state index >= 15 is 0 Å². The molecule has 0 bridgehead atoms. The molecule has 26 heavy (non-hydrogen) atoms. The molecule has 0 aliphatic rings. The second kappa shape index (κ2) is 10.5. The summed E-state index contributed by atoms with van der Waals surface area (Å²) in [6.07, 6.45) is -0.455. The van der Waals surface area contributed by atoms with Crippen molar-refractivity contribution in [2.24, 2.45) is 4.99 Å². The first-order valence-electron chi connectivity index (χ1n) is 8.33. The van der Waals surface area contributed by atoms with Crippen molar-refractivity contribution in [3.05, 3.63) is 11.7 Å². The molecule has 0 atom stereocenters. The third-order valence-electron chi connectivity index (χ3n) is 2.83. The number of carbonyl (C=O) groups is 1. The monoisotopic (exact) mass is 482 g/mol. The number of halogens is 1. The van der Waals surface area contributed by atoms with Crippen molar-refractivity contribution < 1.29 is 14.1 Å². The molecule has 0 saturated carbocycles. The Balaban J connectivity index is 0.00000625. The van der Waals surface area contributed by atoms with Gasteiger partial charge in [0.25, 0.3) is 0 Å². The summed E-state index contributed by atoms with van der Waals surface area (Å²) >= 11 is 0. The van der Waals surface area contributed by atoms with Crippen LogP contribution < -0.4 is 16.0 Å². The van der Waals surface area contributed by atoms with Gasteiger partial charge in [0.05, 0.1) is 5.54 Å². The first-order valence-corrected chi connectivity index (χ1v) is 8.33. The highest BCUT2D eigenvalue weighted by Crippen LogP contribution is 2.09. The Morgan fingerprint density at radius 2 is 1.88 bits per heavy atom. The molecule has 9 nitrogen and oxygen atoms in total. The van der Waals surface area contributed by atoms with Gasteiger partial charge in [-0.3, -0.25) is 0 Å². The average molecular weight is 482 g/mol. The standard InChI is InChI=1S/C16H30N6O3.HI/c1-8-17-13(18-9-12-20-11(2)25-22-12)19-10-16(6,7)21-14(23)24-15(3,4)5;/h8-10H2,1-7H3,(H,21,23)(H2,17,18,19);1H. The molecule has 0 unspecified atom stereocenters. The predicted molar refractivity (Wildman–Crippen MR) is 111 cm³/mol. The van der Waals surface area contributed by atoms with Crippen LogP contribution in [0.2, 0.25) is 0 Å². The second-order valence-corrected chi connectivity index (χ2v) is 7.29. The van der Waals surface area contributed by atoms with Gasteiger partial charge in [-0.2, -0.15) is 4.98 Å². The van der Waals surface area contributed by atoms with Gasteiger partial charge in [-0.15, -0.1) is 24.0 Å². The number of aryl methyl sites for hydroxylation is 1. The Hall–Kier alpha value is -1.59. The molecule has 10 heteroatoms. The SMILES string of the molecule is CCNC(=NCc1noc(C)n1)NCC(C)(C)NC(=O)OC(C)(C)C.I. The van der Waals surface area contributed by atoms with E-state index in [1.165, 1.54) is 0 Å². The molecule has 0 radical (unpaired) electrons. The van der Waals surface area contributed by atoms with E-state index < -0.39 is 17.2 Å². The fraction of sp³-hybridized carbons (Fsp3) is 0.750. The van der Waals surface area contributed by atoms with Crippen molar-refractivity contribution in [1.82, 2.24) is 26.1 Å². The minimum Gasteiger partial charge on any atom is -0.444 e. The van der Waals surface area contributed by atoms with Gasteiger partial charge in [0, 0.05) is 20.0 Å². The molecule has 0 aliphatic heterocycles. The lowest BCUT2D eigenvalue weighted by Gasteiger charge is -2.29. The Morgan fingerprint density at radius 3 is 2.38 bits per heavy atom. The summed E-state index contributed by atoms with van der Waals surface area (Å²) in [5.74, 6) is 1.62. The summed E-state index contributed by atoms with van der Waals surface area (Å²) in [6.45, 7) is 14.4. The zero-order chi connectivity index (χ0) is 19.1. The highest BCUT2D eigenvalue weighted by atomic mass is 127. The predicted octanol–water partition coefficient (Wildman–Crippen LogP) is 2.35. The van der Waals surface area contributed by atoms with Gasteiger partial charge in [-0.05, 0) is 41.5 Å². The Bertz CT molecular complexity index is 595. The second-order valence-electron chi connectivity index (χ2n) is 7.29. The number of hydrogen-bond donors (Lipinski definition) is 3. The van der Waals surface area contributed by atoms with Crippen molar-refractivity contribution in [1.29, 1.82) is 0 Å². The summed E-state index contributed by atoms with van der Waals surface area (Å²) in [7, 11) is 0. The highest BCUT2D eigenvalue weighted by molar-refractivity contribution is 14.0. The zero-order valence-electron chi connectivity index (χ0n) is 16.6. The van der Waals surface area contributed by atoms with Crippen LogP contribution >= 0.6 is 24.0 Å². The van der Waals surface area contributed by atoms with E-state index in [1.54, 1.807) is 6.92 Å². The normalized spacial score (nSPS) is 12.2. The third kappa shape index (κ3) is 10.4. The van der Waals surface area contributed by atoms with Crippen LogP contribution in [0.15, 0.2) is 9.52 Å². The molecule has 1 aromatic rings. The molecule has 0 aromatic carbocycles. The number of aromatic nitrogens is 2. The number of amides is 1. The largest absolute Gasteiger partial charge is 0.444 e.